The minimum absolute atomic E-state index is 0.166. The smallest absolute Gasteiger partial charge is 0.358 e. The van der Waals surface area contributed by atoms with E-state index in [0.29, 0.717) is 41.9 Å². The zero-order valence-electron chi connectivity index (χ0n) is 26.2. The molecule has 4 aromatic rings. The van der Waals surface area contributed by atoms with E-state index in [1.54, 1.807) is 17.0 Å². The number of nitrogens with one attached hydrogen (secondary N) is 1. The monoisotopic (exact) mass is 639 g/mol. The predicted octanol–water partition coefficient (Wildman–Crippen LogP) is 7.01. The Hall–Kier alpha value is -4.90. The standard InChI is InChI=1S/C35H37N5O5S/c1-22-7-16-31-28(20-22)37-34(46-31)38-35(43)40-17-4-6-23-8-9-24(21-29(23)40)27-14-15-30(32(36-27)33(41)42)45-19-5-18-44-26-12-10-25(11-13-26)39(2)3/h7-16,21-22H,4-6,17-20H2,1-3H3,(H,41,42)(H,37,38,43). The molecule has 0 spiro atoms. The van der Waals surface area contributed by atoms with E-state index in [1.165, 1.54) is 11.3 Å². The zero-order chi connectivity index (χ0) is 32.2. The molecule has 2 N–H and O–H groups in total. The van der Waals surface area contributed by atoms with E-state index in [0.717, 1.165) is 52.5 Å². The maximum absolute atomic E-state index is 13.5. The Morgan fingerprint density at radius 1 is 1.07 bits per heavy atom. The molecule has 0 saturated heterocycles. The third kappa shape index (κ3) is 6.99. The summed E-state index contributed by atoms with van der Waals surface area (Å²) in [4.78, 5) is 39.6. The second kappa shape index (κ2) is 13.6. The minimum atomic E-state index is -1.18. The van der Waals surface area contributed by atoms with Gasteiger partial charge in [0.2, 0.25) is 0 Å². The average Bonchev–Trinajstić information content (AvgIpc) is 3.45. The Morgan fingerprint density at radius 3 is 2.65 bits per heavy atom. The molecule has 2 aromatic carbocycles. The normalized spacial score (nSPS) is 15.1. The Morgan fingerprint density at radius 2 is 1.87 bits per heavy atom. The molecule has 238 valence electrons. The maximum Gasteiger partial charge on any atom is 0.358 e. The Labute approximate surface area is 272 Å². The first kappa shape index (κ1) is 31.1. The summed E-state index contributed by atoms with van der Waals surface area (Å²) in [5.74, 6) is 0.209. The summed E-state index contributed by atoms with van der Waals surface area (Å²) in [6, 6.07) is 16.8. The van der Waals surface area contributed by atoms with Crippen molar-refractivity contribution in [1.82, 2.24) is 9.97 Å². The summed E-state index contributed by atoms with van der Waals surface area (Å²) in [5, 5.41) is 13.5. The molecule has 2 aliphatic rings. The molecule has 1 aliphatic heterocycles. The number of aryl methyl sites for hydroxylation is 1. The van der Waals surface area contributed by atoms with Crippen molar-refractivity contribution < 1.29 is 24.2 Å². The number of aromatic carboxylic acids is 1. The molecule has 1 aliphatic carbocycles. The maximum atomic E-state index is 13.5. The number of allylic oxidation sites excluding steroid dienone is 1. The molecule has 46 heavy (non-hydrogen) atoms. The number of rotatable bonds is 10. The molecular weight excluding hydrogens is 602 g/mol. The molecule has 0 bridgehead atoms. The van der Waals surface area contributed by atoms with Crippen LogP contribution in [0.25, 0.3) is 17.3 Å². The SMILES string of the molecule is CC1C=Cc2sc(NC(=O)N3CCCc4ccc(-c5ccc(OCCCOc6ccc(N(C)C)cc6)c(C(=O)O)n5)cc43)nc2C1. The summed E-state index contributed by atoms with van der Waals surface area (Å²) < 4.78 is 11.6. The lowest BCUT2D eigenvalue weighted by Crippen LogP contribution is -2.38. The van der Waals surface area contributed by atoms with E-state index in [-0.39, 0.29) is 24.1 Å². The van der Waals surface area contributed by atoms with Crippen LogP contribution < -0.4 is 24.6 Å². The Balaban J connectivity index is 1.11. The Bertz CT molecular complexity index is 1770. The molecule has 2 aromatic heterocycles. The van der Waals surface area contributed by atoms with Crippen molar-refractivity contribution in [3.63, 3.8) is 0 Å². The van der Waals surface area contributed by atoms with E-state index in [4.69, 9.17) is 9.47 Å². The van der Waals surface area contributed by atoms with E-state index >= 15 is 0 Å². The van der Waals surface area contributed by atoms with Crippen molar-refractivity contribution in [2.45, 2.75) is 32.6 Å². The number of aromatic nitrogens is 2. The topological polar surface area (TPSA) is 117 Å². The number of ether oxygens (including phenoxy) is 2. The van der Waals surface area contributed by atoms with Crippen LogP contribution in [-0.4, -0.2) is 60.9 Å². The number of hydrogen-bond donors (Lipinski definition) is 2. The highest BCUT2D eigenvalue weighted by Crippen LogP contribution is 2.35. The van der Waals surface area contributed by atoms with Gasteiger partial charge in [0.25, 0.3) is 0 Å². The van der Waals surface area contributed by atoms with Gasteiger partial charge in [0.15, 0.2) is 16.6 Å². The van der Waals surface area contributed by atoms with Crippen LogP contribution in [0.1, 0.15) is 46.4 Å². The van der Waals surface area contributed by atoms with Gasteiger partial charge in [0.1, 0.15) is 5.75 Å². The molecule has 2 amide bonds. The van der Waals surface area contributed by atoms with E-state index in [1.807, 2.05) is 61.5 Å². The van der Waals surface area contributed by atoms with Crippen LogP contribution in [0.4, 0.5) is 21.3 Å². The summed E-state index contributed by atoms with van der Waals surface area (Å²) in [7, 11) is 3.96. The molecule has 1 unspecified atom stereocenters. The highest BCUT2D eigenvalue weighted by Gasteiger charge is 2.25. The van der Waals surface area contributed by atoms with Crippen LogP contribution in [0.5, 0.6) is 11.5 Å². The van der Waals surface area contributed by atoms with Crippen molar-refractivity contribution in [3.05, 3.63) is 82.5 Å². The third-order valence-corrected chi connectivity index (χ3v) is 8.98. The molecule has 10 nitrogen and oxygen atoms in total. The number of nitrogens with zero attached hydrogens (tertiary/aromatic N) is 4. The van der Waals surface area contributed by atoms with Crippen LogP contribution in [0.2, 0.25) is 0 Å². The summed E-state index contributed by atoms with van der Waals surface area (Å²) in [6.45, 7) is 3.42. The second-order valence-corrected chi connectivity index (χ2v) is 12.7. The lowest BCUT2D eigenvalue weighted by atomic mass is 9.98. The van der Waals surface area contributed by atoms with Crippen LogP contribution in [-0.2, 0) is 12.8 Å². The summed E-state index contributed by atoms with van der Waals surface area (Å²) >= 11 is 1.48. The first-order valence-corrected chi connectivity index (χ1v) is 16.2. The van der Waals surface area contributed by atoms with Crippen molar-refractivity contribution in [2.24, 2.45) is 5.92 Å². The number of hydrogen-bond acceptors (Lipinski definition) is 8. The molecule has 0 fully saturated rings. The molecule has 0 radical (unpaired) electrons. The third-order valence-electron chi connectivity index (χ3n) is 8.01. The number of amides is 2. The zero-order valence-corrected chi connectivity index (χ0v) is 27.0. The summed E-state index contributed by atoms with van der Waals surface area (Å²) in [6.07, 6.45) is 7.37. The van der Waals surface area contributed by atoms with Gasteiger partial charge in [-0.25, -0.2) is 19.6 Å². The van der Waals surface area contributed by atoms with Crippen LogP contribution in [0.3, 0.4) is 0 Å². The summed E-state index contributed by atoms with van der Waals surface area (Å²) in [5.41, 5.74) is 4.97. The Kier molecular flexibility index (Phi) is 9.20. The quantitative estimate of drug-likeness (QED) is 0.178. The van der Waals surface area contributed by atoms with Gasteiger partial charge < -0.3 is 19.5 Å². The largest absolute Gasteiger partial charge is 0.493 e. The highest BCUT2D eigenvalue weighted by atomic mass is 32.1. The van der Waals surface area contributed by atoms with Gasteiger partial charge in [-0.3, -0.25) is 10.2 Å². The number of urea groups is 1. The molecular formula is C35H37N5O5S. The van der Waals surface area contributed by atoms with Crippen molar-refractivity contribution in [1.29, 1.82) is 0 Å². The van der Waals surface area contributed by atoms with Gasteiger partial charge in [-0.1, -0.05) is 36.5 Å². The number of fused-ring (bicyclic) bond motifs is 2. The van der Waals surface area contributed by atoms with Gasteiger partial charge >= 0.3 is 12.0 Å². The lowest BCUT2D eigenvalue weighted by Gasteiger charge is -2.29. The van der Waals surface area contributed by atoms with Crippen LogP contribution in [0.15, 0.2) is 60.7 Å². The number of carbonyl (C=O) groups is 2. The van der Waals surface area contributed by atoms with Gasteiger partial charge in [-0.15, -0.1) is 0 Å². The van der Waals surface area contributed by atoms with Gasteiger partial charge in [0, 0.05) is 44.0 Å². The van der Waals surface area contributed by atoms with E-state index in [9.17, 15) is 14.7 Å². The molecule has 3 heterocycles. The molecule has 1 atom stereocenters. The number of anilines is 3. The molecule has 6 rings (SSSR count). The number of carboxylic acid groups (broad SMARTS) is 1. The highest BCUT2D eigenvalue weighted by molar-refractivity contribution is 7.16. The van der Waals surface area contributed by atoms with E-state index < -0.39 is 5.97 Å². The van der Waals surface area contributed by atoms with Crippen LogP contribution >= 0.6 is 11.3 Å². The predicted molar refractivity (Wildman–Crippen MR) is 182 cm³/mol. The number of pyridine rings is 1. The fraction of sp³-hybridized carbons (Fsp3) is 0.314. The average molecular weight is 640 g/mol. The fourth-order valence-corrected chi connectivity index (χ4v) is 6.47. The number of benzene rings is 2. The number of thiazole rings is 1. The van der Waals surface area contributed by atoms with Gasteiger partial charge in [-0.2, -0.15) is 0 Å². The lowest BCUT2D eigenvalue weighted by molar-refractivity contribution is 0.0685. The second-order valence-electron chi connectivity index (χ2n) is 11.7. The van der Waals surface area contributed by atoms with Crippen molar-refractivity contribution in [3.8, 4) is 22.8 Å². The molecule has 0 saturated carbocycles. The van der Waals surface area contributed by atoms with Crippen LogP contribution in [0, 0.1) is 5.92 Å². The molecule has 11 heteroatoms. The first-order chi connectivity index (χ1) is 22.2. The van der Waals surface area contributed by atoms with Crippen molar-refractivity contribution in [2.75, 3.05) is 49.0 Å². The number of carboxylic acids is 1. The van der Waals surface area contributed by atoms with E-state index in [2.05, 4.69) is 34.4 Å². The number of carbonyl (C=O) groups excluding carboxylic acids is 1. The van der Waals surface area contributed by atoms with Crippen molar-refractivity contribution >= 4 is 45.9 Å². The fourth-order valence-electron chi connectivity index (χ4n) is 5.57. The van der Waals surface area contributed by atoms with Gasteiger partial charge in [0.05, 0.1) is 29.5 Å². The first-order valence-electron chi connectivity index (χ1n) is 15.4. The minimum Gasteiger partial charge on any atom is -0.493 e. The van der Waals surface area contributed by atoms with Gasteiger partial charge in [-0.05, 0) is 79.3 Å².